The van der Waals surface area contributed by atoms with Gasteiger partial charge < -0.3 is 29.5 Å². The van der Waals surface area contributed by atoms with Crippen molar-refractivity contribution in [2.75, 3.05) is 13.7 Å². The summed E-state index contributed by atoms with van der Waals surface area (Å²) in [5, 5.41) is 29.8. The molecular formula is C18H20N2O9. The van der Waals surface area contributed by atoms with Crippen LogP contribution in [0.15, 0.2) is 34.0 Å². The first-order valence-corrected chi connectivity index (χ1v) is 8.61. The molecule has 0 aliphatic carbocycles. The van der Waals surface area contributed by atoms with Crippen molar-refractivity contribution in [3.05, 3.63) is 56.4 Å². The van der Waals surface area contributed by atoms with Gasteiger partial charge in [0.2, 0.25) is 0 Å². The average Bonchev–Trinajstić information content (AvgIpc) is 2.96. The number of aromatic amines is 1. The lowest BCUT2D eigenvalue weighted by molar-refractivity contribution is -0.0564. The Morgan fingerprint density at radius 3 is 2.69 bits per heavy atom. The molecule has 11 heteroatoms. The number of aryl methyl sites for hydroxylation is 1. The Morgan fingerprint density at radius 1 is 1.34 bits per heavy atom. The molecule has 11 nitrogen and oxygen atoms in total. The van der Waals surface area contributed by atoms with Gasteiger partial charge in [0.25, 0.3) is 5.56 Å². The molecule has 1 unspecified atom stereocenters. The number of esters is 1. The number of carbonyl (C=O) groups excluding carboxylic acids is 1. The van der Waals surface area contributed by atoms with Crippen molar-refractivity contribution in [2.45, 2.75) is 31.5 Å². The van der Waals surface area contributed by atoms with Crippen LogP contribution >= 0.6 is 0 Å². The predicted molar refractivity (Wildman–Crippen MR) is 96.9 cm³/mol. The number of hydrogen-bond donors (Lipinski definition) is 4. The molecular weight excluding hydrogens is 388 g/mol. The molecule has 1 aromatic heterocycles. The fraction of sp³-hybridized carbons (Fsp3) is 0.389. The van der Waals surface area contributed by atoms with E-state index in [9.17, 15) is 29.7 Å². The van der Waals surface area contributed by atoms with Crippen LogP contribution in [0, 0.1) is 6.92 Å². The van der Waals surface area contributed by atoms with Gasteiger partial charge in [-0.2, -0.15) is 0 Å². The van der Waals surface area contributed by atoms with E-state index in [1.807, 2.05) is 4.98 Å². The zero-order valence-electron chi connectivity index (χ0n) is 15.6. The van der Waals surface area contributed by atoms with Gasteiger partial charge in [0.05, 0.1) is 13.7 Å². The summed E-state index contributed by atoms with van der Waals surface area (Å²) in [6, 6.07) is 3.64. The van der Waals surface area contributed by atoms with Gasteiger partial charge in [-0.05, 0) is 18.6 Å². The second-order valence-electron chi connectivity index (χ2n) is 6.47. The summed E-state index contributed by atoms with van der Waals surface area (Å²) in [5.41, 5.74) is -1.07. The minimum atomic E-state index is -1.51. The minimum Gasteiger partial charge on any atom is -0.508 e. The van der Waals surface area contributed by atoms with Crippen LogP contribution < -0.4 is 16.0 Å². The number of methoxy groups -OCH3 is 1. The Balaban J connectivity index is 1.90. The Bertz CT molecular complexity index is 1030. The molecule has 1 aliphatic rings. The normalized spacial score (nSPS) is 23.7. The topological polar surface area (TPSA) is 160 Å². The van der Waals surface area contributed by atoms with E-state index in [1.54, 1.807) is 6.92 Å². The van der Waals surface area contributed by atoms with E-state index in [-0.39, 0.29) is 17.1 Å². The number of aromatic hydroxyl groups is 1. The fourth-order valence-electron chi connectivity index (χ4n) is 3.21. The van der Waals surface area contributed by atoms with E-state index in [4.69, 9.17) is 14.2 Å². The number of aliphatic hydroxyl groups excluding tert-OH is 2. The first kappa shape index (κ1) is 20.6. The number of aliphatic hydroxyl groups is 2. The molecule has 0 amide bonds. The predicted octanol–water partition coefficient (Wildman–Crippen LogP) is -0.965. The fourth-order valence-corrected chi connectivity index (χ4v) is 3.21. The smallest absolute Gasteiger partial charge is 0.342 e. The van der Waals surface area contributed by atoms with Crippen LogP contribution in [0.1, 0.15) is 22.1 Å². The molecule has 1 fully saturated rings. The Hall–Kier alpha value is -3.15. The first-order valence-electron chi connectivity index (χ1n) is 8.61. The third-order valence-corrected chi connectivity index (χ3v) is 4.57. The van der Waals surface area contributed by atoms with Gasteiger partial charge in [-0.3, -0.25) is 14.3 Å². The summed E-state index contributed by atoms with van der Waals surface area (Å²) in [7, 11) is 1.31. The molecule has 0 saturated carbocycles. The summed E-state index contributed by atoms with van der Waals surface area (Å²) >= 11 is 0. The molecule has 2 heterocycles. The van der Waals surface area contributed by atoms with Gasteiger partial charge >= 0.3 is 11.7 Å². The largest absolute Gasteiger partial charge is 0.508 e. The molecule has 0 radical (unpaired) electrons. The lowest BCUT2D eigenvalue weighted by Gasteiger charge is -2.21. The minimum absolute atomic E-state index is 0.0267. The monoisotopic (exact) mass is 408 g/mol. The standard InChI is InChI=1S/C18H20N2O9/c1-8-5-9(22)6-10(27-2)13(8)17(25)29-15-11(7-21)28-16(14(15)24)20-4-3-12(23)19-18(20)26/h3-6,11,14-16,21-22,24H,7H2,1-2H3,(H,19,23,26)/t11-,14-,15-,16?/m1/s1. The van der Waals surface area contributed by atoms with Crippen LogP contribution in [-0.2, 0) is 9.47 Å². The number of benzene rings is 1. The SMILES string of the molecule is COc1cc(O)cc(C)c1C(=O)O[C@@H]1[C@@H](CO)OC(n2ccc(=O)[nH]c2=O)[C@@H]1O. The summed E-state index contributed by atoms with van der Waals surface area (Å²) < 4.78 is 16.9. The van der Waals surface area contributed by atoms with Gasteiger partial charge in [-0.15, -0.1) is 0 Å². The highest BCUT2D eigenvalue weighted by molar-refractivity contribution is 5.94. The van der Waals surface area contributed by atoms with Gasteiger partial charge in [0.1, 0.15) is 29.3 Å². The molecule has 156 valence electrons. The molecule has 1 saturated heterocycles. The Morgan fingerprint density at radius 2 is 2.07 bits per heavy atom. The first-order chi connectivity index (χ1) is 13.8. The van der Waals surface area contributed by atoms with E-state index in [1.165, 1.54) is 19.2 Å². The zero-order chi connectivity index (χ0) is 21.3. The van der Waals surface area contributed by atoms with Crippen LogP contribution in [0.4, 0.5) is 0 Å². The van der Waals surface area contributed by atoms with Gasteiger partial charge in [0, 0.05) is 18.3 Å². The van der Waals surface area contributed by atoms with Crippen molar-refractivity contribution in [1.82, 2.24) is 9.55 Å². The third kappa shape index (κ3) is 3.88. The maximum absolute atomic E-state index is 12.7. The van der Waals surface area contributed by atoms with E-state index < -0.39 is 48.4 Å². The number of hydrogen-bond acceptors (Lipinski definition) is 9. The number of aromatic nitrogens is 2. The van der Waals surface area contributed by atoms with Gasteiger partial charge in [0.15, 0.2) is 12.3 Å². The van der Waals surface area contributed by atoms with Crippen molar-refractivity contribution < 1.29 is 34.3 Å². The van der Waals surface area contributed by atoms with E-state index in [0.29, 0.717) is 5.56 Å². The second kappa shape index (κ2) is 8.07. The quantitative estimate of drug-likeness (QED) is 0.457. The van der Waals surface area contributed by atoms with Crippen molar-refractivity contribution in [2.24, 2.45) is 0 Å². The van der Waals surface area contributed by atoms with Gasteiger partial charge in [-0.1, -0.05) is 0 Å². The highest BCUT2D eigenvalue weighted by atomic mass is 16.6. The molecule has 1 aliphatic heterocycles. The highest BCUT2D eigenvalue weighted by Gasteiger charge is 2.47. The number of nitrogens with zero attached hydrogens (tertiary/aromatic N) is 1. The van der Waals surface area contributed by atoms with Gasteiger partial charge in [-0.25, -0.2) is 9.59 Å². The molecule has 4 N–H and O–H groups in total. The molecule has 4 atom stereocenters. The van der Waals surface area contributed by atoms with E-state index in [2.05, 4.69) is 0 Å². The molecule has 29 heavy (non-hydrogen) atoms. The number of nitrogens with one attached hydrogen (secondary N) is 1. The van der Waals surface area contributed by atoms with Crippen LogP contribution in [0.5, 0.6) is 11.5 Å². The second-order valence-corrected chi connectivity index (χ2v) is 6.47. The number of rotatable bonds is 5. The Kier molecular flexibility index (Phi) is 5.73. The van der Waals surface area contributed by atoms with Crippen molar-refractivity contribution in [3.8, 4) is 11.5 Å². The summed E-state index contributed by atoms with van der Waals surface area (Å²) in [6.07, 6.45) is -4.11. The Labute approximate surface area is 163 Å². The zero-order valence-corrected chi connectivity index (χ0v) is 15.6. The number of phenolic OH excluding ortho intramolecular Hbond substituents is 1. The highest BCUT2D eigenvalue weighted by Crippen LogP contribution is 2.33. The van der Waals surface area contributed by atoms with Crippen molar-refractivity contribution in [3.63, 3.8) is 0 Å². The van der Waals surface area contributed by atoms with Crippen molar-refractivity contribution in [1.29, 1.82) is 0 Å². The van der Waals surface area contributed by atoms with Crippen molar-refractivity contribution >= 4 is 5.97 Å². The number of carbonyl (C=O) groups is 1. The molecule has 0 spiro atoms. The third-order valence-electron chi connectivity index (χ3n) is 4.57. The maximum atomic E-state index is 12.7. The molecule has 2 aromatic rings. The van der Waals surface area contributed by atoms with Crippen LogP contribution in [-0.4, -0.2) is 62.9 Å². The van der Waals surface area contributed by atoms with E-state index in [0.717, 1.165) is 16.8 Å². The number of phenols is 1. The summed E-state index contributed by atoms with van der Waals surface area (Å²) in [5.74, 6) is -0.916. The van der Waals surface area contributed by atoms with Crippen LogP contribution in [0.3, 0.4) is 0 Å². The average molecular weight is 408 g/mol. The molecule has 0 bridgehead atoms. The summed E-state index contributed by atoms with van der Waals surface area (Å²) in [6.45, 7) is 0.960. The summed E-state index contributed by atoms with van der Waals surface area (Å²) in [4.78, 5) is 38.0. The number of H-pyrrole nitrogens is 1. The number of ether oxygens (including phenoxy) is 3. The lowest BCUT2D eigenvalue weighted by Crippen LogP contribution is -2.40. The maximum Gasteiger partial charge on any atom is 0.342 e. The molecule has 3 rings (SSSR count). The molecule has 1 aromatic carbocycles. The lowest BCUT2D eigenvalue weighted by atomic mass is 10.1. The van der Waals surface area contributed by atoms with Crippen LogP contribution in [0.2, 0.25) is 0 Å². The van der Waals surface area contributed by atoms with E-state index >= 15 is 0 Å². The van der Waals surface area contributed by atoms with Crippen LogP contribution in [0.25, 0.3) is 0 Å².